The summed E-state index contributed by atoms with van der Waals surface area (Å²) in [5.41, 5.74) is 2.93. The van der Waals surface area contributed by atoms with Crippen molar-refractivity contribution in [3.8, 4) is 0 Å². The van der Waals surface area contributed by atoms with Crippen LogP contribution in [0, 0.1) is 0 Å². The van der Waals surface area contributed by atoms with Gasteiger partial charge in [-0.1, -0.05) is 18.5 Å². The first-order chi connectivity index (χ1) is 9.86. The van der Waals surface area contributed by atoms with Crippen molar-refractivity contribution in [1.82, 2.24) is 20.0 Å². The van der Waals surface area contributed by atoms with Gasteiger partial charge in [0.05, 0.1) is 6.54 Å². The first-order valence-electron chi connectivity index (χ1n) is 7.54. The Morgan fingerprint density at radius 3 is 3.15 bits per heavy atom. The summed E-state index contributed by atoms with van der Waals surface area (Å²) < 4.78 is 6.98. The van der Waals surface area contributed by atoms with Gasteiger partial charge in [-0.2, -0.15) is 4.98 Å². The van der Waals surface area contributed by atoms with Gasteiger partial charge in [-0.15, -0.1) is 0 Å². The van der Waals surface area contributed by atoms with E-state index in [2.05, 4.69) is 39.3 Å². The molecule has 1 aliphatic rings. The number of aromatic nitrogens is 3. The molecular weight excluding hydrogens is 252 g/mol. The molecule has 2 aromatic heterocycles. The van der Waals surface area contributed by atoms with Crippen LogP contribution in [0.4, 0.5) is 0 Å². The maximum atomic E-state index is 4.80. The molecule has 5 nitrogen and oxygen atoms in total. The molecule has 1 unspecified atom stereocenters. The Bertz CT molecular complexity index is 532. The third-order valence-corrected chi connectivity index (χ3v) is 3.93. The molecule has 1 N–H and O–H groups in total. The molecule has 1 atom stereocenters. The van der Waals surface area contributed by atoms with Crippen molar-refractivity contribution in [2.45, 2.75) is 51.6 Å². The number of rotatable bonds is 5. The van der Waals surface area contributed by atoms with Crippen LogP contribution in [-0.4, -0.2) is 21.3 Å². The molecule has 0 fully saturated rings. The van der Waals surface area contributed by atoms with Gasteiger partial charge in [0.25, 0.3) is 0 Å². The van der Waals surface area contributed by atoms with Crippen molar-refractivity contribution in [2.24, 2.45) is 0 Å². The third kappa shape index (κ3) is 2.93. The van der Waals surface area contributed by atoms with E-state index < -0.39 is 0 Å². The number of hydrogen-bond acceptors (Lipinski definition) is 4. The van der Waals surface area contributed by atoms with E-state index in [0.29, 0.717) is 12.6 Å². The van der Waals surface area contributed by atoms with Gasteiger partial charge in [0.15, 0.2) is 5.82 Å². The molecule has 3 rings (SSSR count). The Balaban J connectivity index is 1.79. The molecule has 0 aromatic carbocycles. The Morgan fingerprint density at radius 2 is 2.35 bits per heavy atom. The minimum absolute atomic E-state index is 0.499. The van der Waals surface area contributed by atoms with Gasteiger partial charge >= 0.3 is 0 Å². The SMILES string of the molecule is CCCNC1CCCCc2cn(Cc3ncon3)cc21. The molecule has 0 saturated heterocycles. The van der Waals surface area contributed by atoms with Crippen LogP contribution in [0.15, 0.2) is 23.3 Å². The zero-order valence-electron chi connectivity index (χ0n) is 12.0. The van der Waals surface area contributed by atoms with E-state index in [1.165, 1.54) is 49.6 Å². The van der Waals surface area contributed by atoms with Crippen LogP contribution < -0.4 is 5.32 Å². The summed E-state index contributed by atoms with van der Waals surface area (Å²) >= 11 is 0. The highest BCUT2D eigenvalue weighted by Gasteiger charge is 2.20. The molecule has 0 radical (unpaired) electrons. The zero-order chi connectivity index (χ0) is 13.8. The van der Waals surface area contributed by atoms with E-state index in [4.69, 9.17) is 4.52 Å². The maximum Gasteiger partial charge on any atom is 0.213 e. The van der Waals surface area contributed by atoms with Crippen LogP contribution >= 0.6 is 0 Å². The summed E-state index contributed by atoms with van der Waals surface area (Å²) in [5.74, 6) is 0.730. The third-order valence-electron chi connectivity index (χ3n) is 3.93. The summed E-state index contributed by atoms with van der Waals surface area (Å²) in [6.07, 6.45) is 12.1. The normalized spacial score (nSPS) is 18.8. The molecule has 20 heavy (non-hydrogen) atoms. The summed E-state index contributed by atoms with van der Waals surface area (Å²) in [6, 6.07) is 0.499. The Hall–Kier alpha value is -1.62. The van der Waals surface area contributed by atoms with Crippen LogP contribution in [0.5, 0.6) is 0 Å². The van der Waals surface area contributed by atoms with E-state index in [0.717, 1.165) is 12.4 Å². The number of nitrogens with one attached hydrogen (secondary N) is 1. The maximum absolute atomic E-state index is 4.80. The molecule has 0 saturated carbocycles. The fourth-order valence-corrected chi connectivity index (χ4v) is 2.96. The number of aryl methyl sites for hydroxylation is 1. The molecule has 1 aliphatic carbocycles. The Morgan fingerprint density at radius 1 is 1.40 bits per heavy atom. The number of fused-ring (bicyclic) bond motifs is 1. The van der Waals surface area contributed by atoms with Crippen LogP contribution in [0.3, 0.4) is 0 Å². The second-order valence-electron chi connectivity index (χ2n) is 5.51. The van der Waals surface area contributed by atoms with E-state index in [1.807, 2.05) is 0 Å². The average Bonchev–Trinajstić information content (AvgIpc) is 3.05. The molecule has 0 amide bonds. The van der Waals surface area contributed by atoms with E-state index in [9.17, 15) is 0 Å². The van der Waals surface area contributed by atoms with E-state index in [1.54, 1.807) is 0 Å². The number of hydrogen-bond donors (Lipinski definition) is 1. The molecule has 0 spiro atoms. The summed E-state index contributed by atoms with van der Waals surface area (Å²) in [4.78, 5) is 4.09. The first kappa shape index (κ1) is 13.4. The van der Waals surface area contributed by atoms with E-state index in [-0.39, 0.29) is 0 Å². The second kappa shape index (κ2) is 6.22. The Kier molecular flexibility index (Phi) is 4.16. The smallest absolute Gasteiger partial charge is 0.213 e. The highest BCUT2D eigenvalue weighted by atomic mass is 16.5. The standard InChI is InChI=1S/C15H22N4O/c1-2-7-16-14-6-4-3-5-12-8-19(9-13(12)14)10-15-17-11-20-18-15/h8-9,11,14,16H,2-7,10H2,1H3. The summed E-state index contributed by atoms with van der Waals surface area (Å²) in [7, 11) is 0. The van der Waals surface area contributed by atoms with Gasteiger partial charge in [-0.25, -0.2) is 0 Å². The summed E-state index contributed by atoms with van der Waals surface area (Å²) in [6.45, 7) is 3.98. The average molecular weight is 274 g/mol. The van der Waals surface area contributed by atoms with Gasteiger partial charge < -0.3 is 14.4 Å². The fourth-order valence-electron chi connectivity index (χ4n) is 2.96. The van der Waals surface area contributed by atoms with Crippen molar-refractivity contribution in [1.29, 1.82) is 0 Å². The van der Waals surface area contributed by atoms with Crippen LogP contribution in [-0.2, 0) is 13.0 Å². The summed E-state index contributed by atoms with van der Waals surface area (Å²) in [5, 5.41) is 7.56. The minimum atomic E-state index is 0.499. The molecule has 5 heteroatoms. The molecule has 2 aromatic rings. The van der Waals surface area contributed by atoms with Gasteiger partial charge in [0.2, 0.25) is 6.39 Å². The van der Waals surface area contributed by atoms with Crippen molar-refractivity contribution >= 4 is 0 Å². The van der Waals surface area contributed by atoms with Gasteiger partial charge in [0.1, 0.15) is 0 Å². The lowest BCUT2D eigenvalue weighted by molar-refractivity contribution is 0.408. The first-order valence-corrected chi connectivity index (χ1v) is 7.54. The van der Waals surface area contributed by atoms with Crippen LogP contribution in [0.2, 0.25) is 0 Å². The van der Waals surface area contributed by atoms with Gasteiger partial charge in [-0.05, 0) is 43.4 Å². The van der Waals surface area contributed by atoms with E-state index >= 15 is 0 Å². The predicted molar refractivity (Wildman–Crippen MR) is 76.4 cm³/mol. The fraction of sp³-hybridized carbons (Fsp3) is 0.600. The number of nitrogens with zero attached hydrogens (tertiary/aromatic N) is 3. The monoisotopic (exact) mass is 274 g/mol. The molecule has 2 heterocycles. The van der Waals surface area contributed by atoms with Crippen LogP contribution in [0.1, 0.15) is 55.6 Å². The second-order valence-corrected chi connectivity index (χ2v) is 5.51. The quantitative estimate of drug-likeness (QED) is 0.852. The topological polar surface area (TPSA) is 55.9 Å². The molecule has 0 aliphatic heterocycles. The molecule has 108 valence electrons. The molecular formula is C15H22N4O. The lowest BCUT2D eigenvalue weighted by Crippen LogP contribution is -2.21. The lowest BCUT2D eigenvalue weighted by Gasteiger charge is -2.16. The predicted octanol–water partition coefficient (Wildman–Crippen LogP) is 2.69. The van der Waals surface area contributed by atoms with Gasteiger partial charge in [0, 0.05) is 18.4 Å². The Labute approximate surface area is 119 Å². The van der Waals surface area contributed by atoms with Crippen molar-refractivity contribution in [3.05, 3.63) is 35.7 Å². The highest BCUT2D eigenvalue weighted by Crippen LogP contribution is 2.29. The molecule has 0 bridgehead atoms. The van der Waals surface area contributed by atoms with Crippen molar-refractivity contribution < 1.29 is 4.52 Å². The minimum Gasteiger partial charge on any atom is -0.346 e. The zero-order valence-corrected chi connectivity index (χ0v) is 12.0. The van der Waals surface area contributed by atoms with Crippen LogP contribution in [0.25, 0.3) is 0 Å². The van der Waals surface area contributed by atoms with Gasteiger partial charge in [-0.3, -0.25) is 0 Å². The highest BCUT2D eigenvalue weighted by molar-refractivity contribution is 5.29. The van der Waals surface area contributed by atoms with Crippen molar-refractivity contribution in [2.75, 3.05) is 6.54 Å². The largest absolute Gasteiger partial charge is 0.346 e. The lowest BCUT2D eigenvalue weighted by atomic mass is 10.0. The van der Waals surface area contributed by atoms with Crippen molar-refractivity contribution in [3.63, 3.8) is 0 Å².